The monoisotopic (exact) mass is 318 g/mol. The van der Waals surface area contributed by atoms with Crippen LogP contribution in [-0.4, -0.2) is 30.6 Å². The van der Waals surface area contributed by atoms with E-state index in [1.807, 2.05) is 39.8 Å². The van der Waals surface area contributed by atoms with Gasteiger partial charge in [0.25, 0.3) is 5.91 Å². The third-order valence-corrected chi connectivity index (χ3v) is 2.99. The van der Waals surface area contributed by atoms with Crippen LogP contribution in [0.25, 0.3) is 11.0 Å². The van der Waals surface area contributed by atoms with Crippen LogP contribution in [0, 0.1) is 0 Å². The second-order valence-corrected chi connectivity index (χ2v) is 6.19. The number of carbonyl (C=O) groups is 2. The third kappa shape index (κ3) is 4.32. The molecule has 0 bridgehead atoms. The standard InChI is InChI=1S/C17H22N2O4/c1-5-22-10-13(20)18-14-11-8-6-7-9-12(11)23-15(14)16(21)19-17(2,3)4/h6-9H,5,10H2,1-4H3,(H,18,20)(H,19,21). The van der Waals surface area contributed by atoms with Crippen molar-refractivity contribution in [1.29, 1.82) is 0 Å². The Bertz CT molecular complexity index is 713. The number of amides is 2. The van der Waals surface area contributed by atoms with Gasteiger partial charge in [-0.15, -0.1) is 0 Å². The molecular weight excluding hydrogens is 296 g/mol. The summed E-state index contributed by atoms with van der Waals surface area (Å²) in [6, 6.07) is 7.18. The topological polar surface area (TPSA) is 80.6 Å². The van der Waals surface area contributed by atoms with E-state index < -0.39 is 5.54 Å². The lowest BCUT2D eigenvalue weighted by atomic mass is 10.1. The summed E-state index contributed by atoms with van der Waals surface area (Å²) in [6.45, 7) is 7.80. The Morgan fingerprint density at radius 1 is 1.22 bits per heavy atom. The highest BCUT2D eigenvalue weighted by Crippen LogP contribution is 2.31. The zero-order valence-electron chi connectivity index (χ0n) is 13.9. The van der Waals surface area contributed by atoms with Crippen molar-refractivity contribution in [3.63, 3.8) is 0 Å². The number of carbonyl (C=O) groups excluding carboxylic acids is 2. The number of hydrogen-bond donors (Lipinski definition) is 2. The van der Waals surface area contributed by atoms with Gasteiger partial charge in [-0.1, -0.05) is 12.1 Å². The van der Waals surface area contributed by atoms with Crippen LogP contribution >= 0.6 is 0 Å². The molecule has 0 radical (unpaired) electrons. The van der Waals surface area contributed by atoms with Gasteiger partial charge in [0.1, 0.15) is 17.9 Å². The average molecular weight is 318 g/mol. The number of furan rings is 1. The summed E-state index contributed by atoms with van der Waals surface area (Å²) < 4.78 is 10.7. The number of hydrogen-bond acceptors (Lipinski definition) is 4. The Labute approximate surface area is 135 Å². The number of para-hydroxylation sites is 1. The first-order valence-corrected chi connectivity index (χ1v) is 7.53. The molecule has 0 atom stereocenters. The van der Waals surface area contributed by atoms with E-state index in [2.05, 4.69) is 10.6 Å². The number of nitrogens with one attached hydrogen (secondary N) is 2. The van der Waals surface area contributed by atoms with Crippen LogP contribution in [0.15, 0.2) is 28.7 Å². The summed E-state index contributed by atoms with van der Waals surface area (Å²) in [6.07, 6.45) is 0. The molecular formula is C17H22N2O4. The molecule has 2 N–H and O–H groups in total. The molecule has 0 saturated carbocycles. The van der Waals surface area contributed by atoms with Crippen molar-refractivity contribution < 1.29 is 18.7 Å². The number of benzene rings is 1. The summed E-state index contributed by atoms with van der Waals surface area (Å²) in [5.74, 6) is -0.616. The van der Waals surface area contributed by atoms with E-state index in [0.717, 1.165) is 0 Å². The molecule has 0 saturated heterocycles. The second kappa shape index (κ2) is 6.83. The van der Waals surface area contributed by atoms with Gasteiger partial charge in [-0.2, -0.15) is 0 Å². The minimum Gasteiger partial charge on any atom is -0.449 e. The van der Waals surface area contributed by atoms with Gasteiger partial charge in [0.05, 0.1) is 0 Å². The zero-order valence-corrected chi connectivity index (χ0v) is 13.9. The lowest BCUT2D eigenvalue weighted by Gasteiger charge is -2.19. The van der Waals surface area contributed by atoms with Gasteiger partial charge in [0, 0.05) is 17.5 Å². The van der Waals surface area contributed by atoms with E-state index in [1.54, 1.807) is 12.1 Å². The minimum atomic E-state index is -0.414. The van der Waals surface area contributed by atoms with Gasteiger partial charge in [-0.05, 0) is 39.8 Å². The maximum atomic E-state index is 12.5. The fourth-order valence-corrected chi connectivity index (χ4v) is 2.10. The van der Waals surface area contributed by atoms with Crippen molar-refractivity contribution in [2.45, 2.75) is 33.2 Å². The molecule has 1 aromatic heterocycles. The van der Waals surface area contributed by atoms with Crippen LogP contribution in [0.1, 0.15) is 38.2 Å². The molecule has 0 spiro atoms. The van der Waals surface area contributed by atoms with Crippen LogP contribution in [-0.2, 0) is 9.53 Å². The van der Waals surface area contributed by atoms with Gasteiger partial charge >= 0.3 is 0 Å². The van der Waals surface area contributed by atoms with E-state index in [4.69, 9.17) is 9.15 Å². The number of ether oxygens (including phenoxy) is 1. The van der Waals surface area contributed by atoms with Crippen molar-refractivity contribution in [3.05, 3.63) is 30.0 Å². The Hall–Kier alpha value is -2.34. The van der Waals surface area contributed by atoms with E-state index in [0.29, 0.717) is 23.3 Å². The molecule has 2 amide bonds. The molecule has 0 aliphatic heterocycles. The van der Waals surface area contributed by atoms with E-state index >= 15 is 0 Å². The van der Waals surface area contributed by atoms with Crippen molar-refractivity contribution in [2.75, 3.05) is 18.5 Å². The third-order valence-electron chi connectivity index (χ3n) is 2.99. The molecule has 2 aromatic rings. The minimum absolute atomic E-state index is 0.0731. The smallest absolute Gasteiger partial charge is 0.289 e. The molecule has 2 rings (SSSR count). The van der Waals surface area contributed by atoms with Crippen molar-refractivity contribution >= 4 is 28.5 Å². The van der Waals surface area contributed by atoms with Crippen LogP contribution in [0.2, 0.25) is 0 Å². The first-order chi connectivity index (χ1) is 10.8. The van der Waals surface area contributed by atoms with Crippen LogP contribution in [0.4, 0.5) is 5.69 Å². The molecule has 6 heteroatoms. The zero-order chi connectivity index (χ0) is 17.0. The fourth-order valence-electron chi connectivity index (χ4n) is 2.10. The van der Waals surface area contributed by atoms with Gasteiger partial charge < -0.3 is 19.8 Å². The highest BCUT2D eigenvalue weighted by Gasteiger charge is 2.25. The Morgan fingerprint density at radius 3 is 2.57 bits per heavy atom. The van der Waals surface area contributed by atoms with Gasteiger partial charge in [-0.3, -0.25) is 9.59 Å². The summed E-state index contributed by atoms with van der Waals surface area (Å²) in [5, 5.41) is 6.23. The van der Waals surface area contributed by atoms with E-state index in [-0.39, 0.29) is 24.2 Å². The van der Waals surface area contributed by atoms with Gasteiger partial charge in [0.2, 0.25) is 11.7 Å². The maximum absolute atomic E-state index is 12.5. The summed E-state index contributed by atoms with van der Waals surface area (Å²) in [7, 11) is 0. The lowest BCUT2D eigenvalue weighted by molar-refractivity contribution is -0.120. The van der Waals surface area contributed by atoms with Crippen molar-refractivity contribution in [1.82, 2.24) is 5.32 Å². The van der Waals surface area contributed by atoms with E-state index in [1.165, 1.54) is 0 Å². The van der Waals surface area contributed by atoms with Gasteiger partial charge in [0.15, 0.2) is 0 Å². The molecule has 124 valence electrons. The number of anilines is 1. The summed E-state index contributed by atoms with van der Waals surface area (Å²) in [5.41, 5.74) is 0.494. The molecule has 1 aromatic carbocycles. The van der Waals surface area contributed by atoms with Crippen LogP contribution in [0.3, 0.4) is 0 Å². The van der Waals surface area contributed by atoms with Crippen molar-refractivity contribution in [2.24, 2.45) is 0 Å². The maximum Gasteiger partial charge on any atom is 0.289 e. The number of fused-ring (bicyclic) bond motifs is 1. The molecule has 0 aliphatic carbocycles. The Morgan fingerprint density at radius 2 is 1.91 bits per heavy atom. The molecule has 6 nitrogen and oxygen atoms in total. The Balaban J connectivity index is 2.37. The average Bonchev–Trinajstić information content (AvgIpc) is 2.82. The van der Waals surface area contributed by atoms with E-state index in [9.17, 15) is 9.59 Å². The van der Waals surface area contributed by atoms with Crippen LogP contribution < -0.4 is 10.6 Å². The van der Waals surface area contributed by atoms with Crippen LogP contribution in [0.5, 0.6) is 0 Å². The molecule has 0 aliphatic rings. The first-order valence-electron chi connectivity index (χ1n) is 7.53. The quantitative estimate of drug-likeness (QED) is 0.888. The summed E-state index contributed by atoms with van der Waals surface area (Å²) in [4.78, 5) is 24.4. The molecule has 23 heavy (non-hydrogen) atoms. The Kier molecular flexibility index (Phi) is 5.05. The molecule has 1 heterocycles. The highest BCUT2D eigenvalue weighted by molar-refractivity contribution is 6.11. The summed E-state index contributed by atoms with van der Waals surface area (Å²) >= 11 is 0. The molecule has 0 fully saturated rings. The lowest BCUT2D eigenvalue weighted by Crippen LogP contribution is -2.40. The van der Waals surface area contributed by atoms with Gasteiger partial charge in [-0.25, -0.2) is 0 Å². The predicted molar refractivity (Wildman–Crippen MR) is 88.6 cm³/mol. The first kappa shape index (κ1) is 17.0. The molecule has 0 unspecified atom stereocenters. The second-order valence-electron chi connectivity index (χ2n) is 6.19. The largest absolute Gasteiger partial charge is 0.449 e. The predicted octanol–water partition coefficient (Wildman–Crippen LogP) is 2.94. The van der Waals surface area contributed by atoms with Crippen molar-refractivity contribution in [3.8, 4) is 0 Å². The highest BCUT2D eigenvalue weighted by atomic mass is 16.5. The normalized spacial score (nSPS) is 11.5. The SMILES string of the molecule is CCOCC(=O)Nc1c(C(=O)NC(C)(C)C)oc2ccccc12. The number of rotatable bonds is 5. The fraction of sp³-hybridized carbons (Fsp3) is 0.412.